The van der Waals surface area contributed by atoms with Gasteiger partial charge in [0.05, 0.1) is 35.1 Å². The first kappa shape index (κ1) is 38.6. The molecule has 10 aromatic rings. The molecule has 0 spiro atoms. The fourth-order valence-electron chi connectivity index (χ4n) is 9.24. The zero-order valence-electron chi connectivity index (χ0n) is 41.2. The molecule has 0 saturated carbocycles. The van der Waals surface area contributed by atoms with Gasteiger partial charge in [0.2, 0.25) is 0 Å². The van der Waals surface area contributed by atoms with E-state index in [4.69, 9.17) is 18.8 Å². The van der Waals surface area contributed by atoms with Crippen LogP contribution in [-0.2, 0) is 5.41 Å². The summed E-state index contributed by atoms with van der Waals surface area (Å²) in [6, 6.07) is 65.0. The molecule has 8 aromatic carbocycles. The van der Waals surface area contributed by atoms with Crippen molar-refractivity contribution in [2.24, 2.45) is 0 Å². The van der Waals surface area contributed by atoms with E-state index in [1.165, 1.54) is 16.7 Å². The zero-order chi connectivity index (χ0) is 48.0. The minimum atomic E-state index is -2.31. The number of aryl methyl sites for hydroxylation is 3. The van der Waals surface area contributed by atoms with E-state index >= 15 is 0 Å². The van der Waals surface area contributed by atoms with E-state index in [2.05, 4.69) is 197 Å². The molecule has 10 rings (SSSR count). The van der Waals surface area contributed by atoms with Gasteiger partial charge in [-0.1, -0.05) is 160 Å². The lowest BCUT2D eigenvalue weighted by Gasteiger charge is -2.21. The number of rotatable bonds is 9. The van der Waals surface area contributed by atoms with Crippen LogP contribution in [0.5, 0.6) is 5.75 Å². The molecule has 0 radical (unpaired) electrons. The highest BCUT2D eigenvalue weighted by molar-refractivity contribution is 5.98. The van der Waals surface area contributed by atoms with Crippen LogP contribution in [0.3, 0.4) is 0 Å². The minimum Gasteiger partial charge on any atom is -0.496 e. The summed E-state index contributed by atoms with van der Waals surface area (Å²) < 4.78 is 33.8. The Bertz CT molecular complexity index is 3500. The van der Waals surface area contributed by atoms with Gasteiger partial charge in [-0.15, -0.1) is 0 Å². The van der Waals surface area contributed by atoms with Crippen LogP contribution in [0.2, 0.25) is 0 Å². The van der Waals surface area contributed by atoms with E-state index < -0.39 is 6.85 Å². The monoisotopic (exact) mass is 858 g/mol. The van der Waals surface area contributed by atoms with E-state index in [0.29, 0.717) is 5.82 Å². The van der Waals surface area contributed by atoms with E-state index in [0.717, 1.165) is 94.9 Å². The van der Waals surface area contributed by atoms with Gasteiger partial charge in [-0.05, 0) is 142 Å². The molecule has 2 aromatic heterocycles. The average Bonchev–Trinajstić information content (AvgIpc) is 3.76. The van der Waals surface area contributed by atoms with Crippen LogP contribution in [0.15, 0.2) is 194 Å². The van der Waals surface area contributed by atoms with Crippen molar-refractivity contribution in [1.82, 2.24) is 14.5 Å². The van der Waals surface area contributed by atoms with Gasteiger partial charge in [0, 0.05) is 27.0 Å². The number of para-hydroxylation sites is 1. The van der Waals surface area contributed by atoms with Crippen LogP contribution >= 0.6 is 0 Å². The number of ether oxygens (including phenoxy) is 1. The fourth-order valence-corrected chi connectivity index (χ4v) is 9.24. The Morgan fingerprint density at radius 2 is 1.12 bits per heavy atom. The molecule has 0 aliphatic rings. The molecule has 0 unspecified atom stereocenters. The predicted octanol–water partition coefficient (Wildman–Crippen LogP) is 16.3. The number of aromatic nitrogens is 3. The van der Waals surface area contributed by atoms with Crippen molar-refractivity contribution in [1.29, 1.82) is 0 Å². The van der Waals surface area contributed by atoms with Gasteiger partial charge in [-0.3, -0.25) is 9.55 Å². The van der Waals surface area contributed by atoms with Crippen LogP contribution < -0.4 is 4.74 Å². The second-order valence-electron chi connectivity index (χ2n) is 18.2. The summed E-state index contributed by atoms with van der Waals surface area (Å²) in [6.45, 7) is 8.41. The Kier molecular flexibility index (Phi) is 10.1. The Labute approximate surface area is 393 Å². The molecule has 4 nitrogen and oxygen atoms in total. The second-order valence-corrected chi connectivity index (χ2v) is 18.2. The van der Waals surface area contributed by atoms with E-state index in [-0.39, 0.29) is 11.0 Å². The maximum atomic E-state index is 8.47. The van der Waals surface area contributed by atoms with Gasteiger partial charge >= 0.3 is 0 Å². The Morgan fingerprint density at radius 3 is 1.80 bits per heavy atom. The molecule has 0 aliphatic heterocycles. The molecule has 2 heterocycles. The molecule has 0 aliphatic carbocycles. The molecular weight excluding hydrogens is 803 g/mol. The summed E-state index contributed by atoms with van der Waals surface area (Å²) in [6.07, 6.45) is 1.89. The van der Waals surface area contributed by atoms with Gasteiger partial charge in [0.15, 0.2) is 0 Å². The van der Waals surface area contributed by atoms with Crippen molar-refractivity contribution in [3.05, 3.63) is 217 Å². The molecule has 4 heteroatoms. The van der Waals surface area contributed by atoms with Gasteiger partial charge in [-0.25, -0.2) is 4.98 Å². The molecule has 0 saturated heterocycles. The lowest BCUT2D eigenvalue weighted by molar-refractivity contribution is 0.413. The summed E-state index contributed by atoms with van der Waals surface area (Å²) in [5, 5.41) is 0. The first-order chi connectivity index (χ1) is 33.2. The van der Waals surface area contributed by atoms with Crippen LogP contribution in [0.25, 0.3) is 95.0 Å². The first-order valence-corrected chi connectivity index (χ1v) is 22.5. The third kappa shape index (κ3) is 8.12. The first-order valence-electron chi connectivity index (χ1n) is 24.0. The molecular formula is C62H53N3O. The smallest absolute Gasteiger partial charge is 0.149 e. The highest BCUT2D eigenvalue weighted by Crippen LogP contribution is 2.43. The summed E-state index contributed by atoms with van der Waals surface area (Å²) in [4.78, 5) is 10.6. The van der Waals surface area contributed by atoms with E-state index in [9.17, 15) is 0 Å². The topological polar surface area (TPSA) is 39.9 Å². The zero-order valence-corrected chi connectivity index (χ0v) is 38.2. The summed E-state index contributed by atoms with van der Waals surface area (Å²) >= 11 is 0. The van der Waals surface area contributed by atoms with Crippen LogP contribution in [0.4, 0.5) is 0 Å². The predicted molar refractivity (Wildman–Crippen MR) is 276 cm³/mol. The number of imidazole rings is 1. The standard InChI is InChI=1S/C62H53N3O/c1-40-21-30-57(54(34-40)47-26-28-52(29-27-47)62(4,5)6)65-58-20-14-19-53(59(58)64-61(65)55-35-41(2)33-42(3)60(55)66-7)50-36-49(44-17-12-9-13-18-44)37-51(38-50)56-39-48(31-32-63-56)46-24-22-45(23-25-46)43-15-10-8-11-16-43/h8-39H,1-7H3/i1D3. The molecule has 0 N–H and O–H groups in total. The van der Waals surface area contributed by atoms with Crippen molar-refractivity contribution >= 4 is 11.0 Å². The Hall–Kier alpha value is -7.82. The number of fused-ring (bicyclic) bond motifs is 1. The number of hydrogen-bond acceptors (Lipinski definition) is 3. The number of methoxy groups -OCH3 is 1. The number of pyridine rings is 1. The van der Waals surface area contributed by atoms with Crippen molar-refractivity contribution in [3.8, 4) is 89.7 Å². The highest BCUT2D eigenvalue weighted by Gasteiger charge is 2.24. The number of benzene rings is 8. The third-order valence-electron chi connectivity index (χ3n) is 12.6. The van der Waals surface area contributed by atoms with Crippen LogP contribution in [0.1, 0.15) is 47.1 Å². The maximum Gasteiger partial charge on any atom is 0.149 e. The Morgan fingerprint density at radius 1 is 0.500 bits per heavy atom. The highest BCUT2D eigenvalue weighted by atomic mass is 16.5. The lowest BCUT2D eigenvalue weighted by atomic mass is 9.86. The third-order valence-corrected chi connectivity index (χ3v) is 12.6. The largest absolute Gasteiger partial charge is 0.496 e. The lowest BCUT2D eigenvalue weighted by Crippen LogP contribution is -2.10. The second kappa shape index (κ2) is 17.3. The van der Waals surface area contributed by atoms with Gasteiger partial charge in [0.1, 0.15) is 11.6 Å². The van der Waals surface area contributed by atoms with Crippen molar-refractivity contribution in [3.63, 3.8) is 0 Å². The SMILES string of the molecule is [2H]C([2H])([2H])c1ccc(-n2c(-c3cc(C)cc(C)c3OC)nc3c(-c4cc(-c5ccccc5)cc(-c5cc(-c6ccc(-c7ccccc7)cc6)ccn5)c4)cccc32)c(-c2ccc(C(C)(C)C)cc2)c1. The maximum absolute atomic E-state index is 8.47. The van der Waals surface area contributed by atoms with Crippen molar-refractivity contribution in [2.45, 2.75) is 46.9 Å². The van der Waals surface area contributed by atoms with Crippen molar-refractivity contribution in [2.75, 3.05) is 7.11 Å². The fraction of sp³-hybridized carbons (Fsp3) is 0.129. The minimum absolute atomic E-state index is 0.0583. The van der Waals surface area contributed by atoms with Gasteiger partial charge in [-0.2, -0.15) is 0 Å². The van der Waals surface area contributed by atoms with Gasteiger partial charge in [0.25, 0.3) is 0 Å². The van der Waals surface area contributed by atoms with Crippen LogP contribution in [-0.4, -0.2) is 21.6 Å². The molecule has 66 heavy (non-hydrogen) atoms. The quantitative estimate of drug-likeness (QED) is 0.145. The Balaban J connectivity index is 1.20. The molecule has 0 amide bonds. The van der Waals surface area contributed by atoms with Gasteiger partial charge < -0.3 is 4.74 Å². The number of hydrogen-bond donors (Lipinski definition) is 0. The van der Waals surface area contributed by atoms with Crippen molar-refractivity contribution < 1.29 is 8.85 Å². The summed E-state index contributed by atoms with van der Waals surface area (Å²) in [5.74, 6) is 1.41. The molecule has 322 valence electrons. The molecule has 0 atom stereocenters. The molecule has 0 fully saturated rings. The average molecular weight is 859 g/mol. The summed E-state index contributed by atoms with van der Waals surface area (Å²) in [7, 11) is 1.70. The van der Waals surface area contributed by atoms with E-state index in [1.54, 1.807) is 13.2 Å². The normalized spacial score (nSPS) is 12.4. The van der Waals surface area contributed by atoms with E-state index in [1.807, 2.05) is 30.5 Å². The van der Waals surface area contributed by atoms with Crippen LogP contribution in [0, 0.1) is 20.7 Å². The molecule has 0 bridgehead atoms. The summed E-state index contributed by atoms with van der Waals surface area (Å²) in [5.41, 5.74) is 18.9. The number of nitrogens with zero attached hydrogens (tertiary/aromatic N) is 3.